The summed E-state index contributed by atoms with van der Waals surface area (Å²) < 4.78 is 0. The molecular weight excluding hydrogens is 368 g/mol. The molecule has 0 aliphatic rings. The van der Waals surface area contributed by atoms with Gasteiger partial charge in [-0.3, -0.25) is 9.59 Å². The van der Waals surface area contributed by atoms with E-state index in [4.69, 9.17) is 11.6 Å². The van der Waals surface area contributed by atoms with Crippen LogP contribution in [0.2, 0.25) is 0 Å². The molecule has 1 aromatic heterocycles. The van der Waals surface area contributed by atoms with Crippen LogP contribution in [-0.4, -0.2) is 40.1 Å². The first-order valence-electron chi connectivity index (χ1n) is 8.62. The molecule has 140 valence electrons. The van der Waals surface area contributed by atoms with E-state index in [1.54, 1.807) is 11.3 Å². The Morgan fingerprint density at radius 1 is 1.08 bits per heavy atom. The number of amides is 2. The Morgan fingerprint density at radius 3 is 2.31 bits per heavy atom. The molecule has 0 aliphatic heterocycles. The van der Waals surface area contributed by atoms with Crippen LogP contribution in [0.1, 0.15) is 29.9 Å². The number of nitrogens with zero attached hydrogens (tertiary/aromatic N) is 2. The largest absolute Gasteiger partial charge is 0.332 e. The number of halogens is 1. The van der Waals surface area contributed by atoms with Gasteiger partial charge in [0.25, 0.3) is 0 Å². The van der Waals surface area contributed by atoms with Gasteiger partial charge in [0.2, 0.25) is 11.8 Å². The molecule has 0 saturated carbocycles. The van der Waals surface area contributed by atoms with E-state index in [0.717, 1.165) is 10.4 Å². The van der Waals surface area contributed by atoms with Crippen molar-refractivity contribution in [2.24, 2.45) is 0 Å². The van der Waals surface area contributed by atoms with Crippen LogP contribution in [0.5, 0.6) is 0 Å². The first kappa shape index (κ1) is 20.5. The summed E-state index contributed by atoms with van der Waals surface area (Å²) in [7, 11) is 0. The van der Waals surface area contributed by atoms with Gasteiger partial charge in [0.05, 0.1) is 6.54 Å². The van der Waals surface area contributed by atoms with Gasteiger partial charge in [-0.2, -0.15) is 0 Å². The molecule has 2 aromatic rings. The molecule has 6 heteroatoms. The molecule has 2 amide bonds. The second kappa shape index (κ2) is 9.74. The minimum atomic E-state index is -0.220. The molecule has 1 heterocycles. The first-order chi connectivity index (χ1) is 12.4. The fourth-order valence-corrected chi connectivity index (χ4v) is 3.73. The van der Waals surface area contributed by atoms with E-state index in [9.17, 15) is 9.59 Å². The van der Waals surface area contributed by atoms with Crippen molar-refractivity contribution < 1.29 is 9.59 Å². The van der Waals surface area contributed by atoms with Crippen molar-refractivity contribution in [2.75, 3.05) is 12.4 Å². The summed E-state index contributed by atoms with van der Waals surface area (Å²) in [6, 6.07) is 11.9. The van der Waals surface area contributed by atoms with Crippen LogP contribution in [0.15, 0.2) is 41.8 Å². The molecular formula is C20H25ClN2O2S. The summed E-state index contributed by atoms with van der Waals surface area (Å²) in [4.78, 5) is 29.6. The monoisotopic (exact) mass is 392 g/mol. The molecule has 0 saturated heterocycles. The van der Waals surface area contributed by atoms with Gasteiger partial charge in [-0.15, -0.1) is 22.9 Å². The molecule has 0 aliphatic carbocycles. The smallest absolute Gasteiger partial charge is 0.242 e. The number of thiophene rings is 1. The lowest BCUT2D eigenvalue weighted by Crippen LogP contribution is -2.46. The van der Waals surface area contributed by atoms with Crippen LogP contribution in [0.3, 0.4) is 0 Å². The van der Waals surface area contributed by atoms with Gasteiger partial charge >= 0.3 is 0 Å². The molecule has 0 bridgehead atoms. The van der Waals surface area contributed by atoms with Gasteiger partial charge in [-0.05, 0) is 43.3 Å². The molecule has 1 aromatic carbocycles. The lowest BCUT2D eigenvalue weighted by molar-refractivity contribution is -0.141. The predicted molar refractivity (Wildman–Crippen MR) is 107 cm³/mol. The normalized spacial score (nSPS) is 10.8. The van der Waals surface area contributed by atoms with Crippen molar-refractivity contribution in [2.45, 2.75) is 39.9 Å². The van der Waals surface area contributed by atoms with Crippen molar-refractivity contribution in [3.05, 3.63) is 57.8 Å². The average molecular weight is 393 g/mol. The molecule has 26 heavy (non-hydrogen) atoms. The van der Waals surface area contributed by atoms with Crippen molar-refractivity contribution >= 4 is 34.8 Å². The zero-order valence-corrected chi connectivity index (χ0v) is 17.0. The molecule has 0 fully saturated rings. The van der Waals surface area contributed by atoms with Crippen LogP contribution < -0.4 is 0 Å². The number of benzene rings is 1. The highest BCUT2D eigenvalue weighted by Crippen LogP contribution is 2.20. The van der Waals surface area contributed by atoms with Gasteiger partial charge in [0.15, 0.2) is 0 Å². The number of alkyl halides is 1. The number of aryl methyl sites for hydroxylation is 1. The SMILES string of the molecule is Cc1ccsc1CN(Cc1ccccc1)C(=O)CN(C(=O)CCl)C(C)C. The standard InChI is InChI=1S/C20H25ClN2O2S/c1-15(2)23(19(24)11-21)14-20(25)22(12-17-7-5-4-6-8-17)13-18-16(3)9-10-26-18/h4-10,15H,11-14H2,1-3H3. The Balaban J connectivity index is 2.19. The molecule has 0 N–H and O–H groups in total. The zero-order valence-electron chi connectivity index (χ0n) is 15.4. The summed E-state index contributed by atoms with van der Waals surface area (Å²) in [6.45, 7) is 6.93. The topological polar surface area (TPSA) is 40.6 Å². The molecule has 0 spiro atoms. The third-order valence-corrected chi connectivity index (χ3v) is 5.47. The molecule has 2 rings (SSSR count). The number of carbonyl (C=O) groups is 2. The Hall–Kier alpha value is -1.85. The fraction of sp³-hybridized carbons (Fsp3) is 0.400. The molecule has 0 unspecified atom stereocenters. The molecule has 0 radical (unpaired) electrons. The van der Waals surface area contributed by atoms with Crippen LogP contribution in [0.4, 0.5) is 0 Å². The maximum absolute atomic E-state index is 13.0. The summed E-state index contributed by atoms with van der Waals surface area (Å²) in [5, 5.41) is 2.04. The van der Waals surface area contributed by atoms with Crippen molar-refractivity contribution in [1.29, 1.82) is 0 Å². The Bertz CT molecular complexity index is 730. The summed E-state index contributed by atoms with van der Waals surface area (Å²) >= 11 is 7.35. The third-order valence-electron chi connectivity index (χ3n) is 4.24. The van der Waals surface area contributed by atoms with Crippen LogP contribution >= 0.6 is 22.9 Å². The zero-order chi connectivity index (χ0) is 19.1. The third kappa shape index (κ3) is 5.58. The van der Waals surface area contributed by atoms with Crippen LogP contribution in [-0.2, 0) is 22.7 Å². The van der Waals surface area contributed by atoms with E-state index in [1.807, 2.05) is 54.5 Å². The minimum absolute atomic E-state index is 0.0421. The number of carbonyl (C=O) groups excluding carboxylic acids is 2. The number of hydrogen-bond donors (Lipinski definition) is 0. The van der Waals surface area contributed by atoms with E-state index >= 15 is 0 Å². The van der Waals surface area contributed by atoms with Gasteiger partial charge in [-0.25, -0.2) is 0 Å². The fourth-order valence-electron chi connectivity index (χ4n) is 2.66. The summed E-state index contributed by atoms with van der Waals surface area (Å²) in [5.74, 6) is -0.412. The Kier molecular flexibility index (Phi) is 7.66. The van der Waals surface area contributed by atoms with E-state index in [2.05, 4.69) is 13.0 Å². The predicted octanol–water partition coefficient (Wildman–Crippen LogP) is 4.06. The number of hydrogen-bond acceptors (Lipinski definition) is 3. The van der Waals surface area contributed by atoms with Gasteiger partial charge < -0.3 is 9.80 Å². The van der Waals surface area contributed by atoms with E-state index in [0.29, 0.717) is 13.1 Å². The second-order valence-electron chi connectivity index (χ2n) is 6.51. The van der Waals surface area contributed by atoms with Crippen LogP contribution in [0, 0.1) is 6.92 Å². The van der Waals surface area contributed by atoms with Gasteiger partial charge in [0, 0.05) is 17.5 Å². The first-order valence-corrected chi connectivity index (χ1v) is 10.0. The minimum Gasteiger partial charge on any atom is -0.332 e. The van der Waals surface area contributed by atoms with Crippen molar-refractivity contribution in [3.8, 4) is 0 Å². The highest BCUT2D eigenvalue weighted by atomic mass is 35.5. The number of rotatable bonds is 8. The Morgan fingerprint density at radius 2 is 1.77 bits per heavy atom. The highest BCUT2D eigenvalue weighted by Gasteiger charge is 2.23. The van der Waals surface area contributed by atoms with Crippen molar-refractivity contribution in [3.63, 3.8) is 0 Å². The quantitative estimate of drug-likeness (QED) is 0.635. The van der Waals surface area contributed by atoms with E-state index in [-0.39, 0.29) is 30.3 Å². The van der Waals surface area contributed by atoms with Gasteiger partial charge in [0.1, 0.15) is 12.4 Å². The van der Waals surface area contributed by atoms with E-state index in [1.165, 1.54) is 10.5 Å². The summed E-state index contributed by atoms with van der Waals surface area (Å²) in [6.07, 6.45) is 0. The van der Waals surface area contributed by atoms with E-state index < -0.39 is 0 Å². The van der Waals surface area contributed by atoms with Crippen LogP contribution in [0.25, 0.3) is 0 Å². The lowest BCUT2D eigenvalue weighted by atomic mass is 10.2. The second-order valence-corrected chi connectivity index (χ2v) is 7.78. The van der Waals surface area contributed by atoms with Crippen molar-refractivity contribution in [1.82, 2.24) is 9.80 Å². The maximum Gasteiger partial charge on any atom is 0.242 e. The Labute approximate surface area is 164 Å². The molecule has 4 nitrogen and oxygen atoms in total. The maximum atomic E-state index is 13.0. The highest BCUT2D eigenvalue weighted by molar-refractivity contribution is 7.10. The summed E-state index contributed by atoms with van der Waals surface area (Å²) in [5.41, 5.74) is 2.24. The molecule has 0 atom stereocenters. The van der Waals surface area contributed by atoms with Gasteiger partial charge in [-0.1, -0.05) is 30.3 Å². The average Bonchev–Trinajstić information content (AvgIpc) is 3.03. The lowest BCUT2D eigenvalue weighted by Gasteiger charge is -2.29.